The third-order valence-corrected chi connectivity index (χ3v) is 2.92. The fourth-order valence-electron chi connectivity index (χ4n) is 1.40. The molecule has 2 rings (SSSR count). The quantitative estimate of drug-likeness (QED) is 0.876. The lowest BCUT2D eigenvalue weighted by atomic mass is 10.3. The summed E-state index contributed by atoms with van der Waals surface area (Å²) >= 11 is 3.34. The molecule has 0 radical (unpaired) electrons. The standard InChI is InChI=1S/C12H13BrN4O2/c1-8(19-10-4-2-9(13)3-5-10)12(18)14-6-11-15-7-16-17-11/h2-5,7-8H,6H2,1H3,(H,14,18)(H,15,16,17). The first kappa shape index (κ1) is 13.5. The molecule has 0 aliphatic rings. The van der Waals surface area contributed by atoms with E-state index in [2.05, 4.69) is 36.4 Å². The van der Waals surface area contributed by atoms with Crippen molar-refractivity contribution >= 4 is 21.8 Å². The minimum atomic E-state index is -0.580. The van der Waals surface area contributed by atoms with Crippen molar-refractivity contribution in [1.29, 1.82) is 0 Å². The maximum Gasteiger partial charge on any atom is 0.261 e. The monoisotopic (exact) mass is 324 g/mol. The molecule has 0 aliphatic heterocycles. The van der Waals surface area contributed by atoms with E-state index in [1.807, 2.05) is 12.1 Å². The number of nitrogens with one attached hydrogen (secondary N) is 2. The summed E-state index contributed by atoms with van der Waals surface area (Å²) in [5.41, 5.74) is 0. The van der Waals surface area contributed by atoms with Gasteiger partial charge in [0.1, 0.15) is 17.9 Å². The number of H-pyrrole nitrogens is 1. The third-order valence-electron chi connectivity index (χ3n) is 2.39. The lowest BCUT2D eigenvalue weighted by Crippen LogP contribution is -2.36. The average Bonchev–Trinajstić information content (AvgIpc) is 2.91. The Bertz CT molecular complexity index is 527. The second-order valence-electron chi connectivity index (χ2n) is 3.86. The summed E-state index contributed by atoms with van der Waals surface area (Å²) in [6.45, 7) is 1.99. The maximum atomic E-state index is 11.8. The summed E-state index contributed by atoms with van der Waals surface area (Å²) in [5, 5.41) is 9.07. The zero-order valence-corrected chi connectivity index (χ0v) is 11.8. The Kier molecular flexibility index (Phi) is 4.51. The van der Waals surface area contributed by atoms with E-state index in [4.69, 9.17) is 4.74 Å². The van der Waals surface area contributed by atoms with Crippen molar-refractivity contribution in [1.82, 2.24) is 20.5 Å². The van der Waals surface area contributed by atoms with Crippen LogP contribution in [0.1, 0.15) is 12.7 Å². The topological polar surface area (TPSA) is 79.9 Å². The SMILES string of the molecule is CC(Oc1ccc(Br)cc1)C(=O)NCc1ncn[nH]1. The summed E-state index contributed by atoms with van der Waals surface area (Å²) in [6.07, 6.45) is 0.813. The fourth-order valence-corrected chi connectivity index (χ4v) is 1.67. The molecular weight excluding hydrogens is 312 g/mol. The summed E-state index contributed by atoms with van der Waals surface area (Å²) in [5.74, 6) is 1.04. The first-order valence-electron chi connectivity index (χ1n) is 5.69. The van der Waals surface area contributed by atoms with E-state index in [1.54, 1.807) is 19.1 Å². The largest absolute Gasteiger partial charge is 0.481 e. The number of ether oxygens (including phenoxy) is 1. The zero-order valence-electron chi connectivity index (χ0n) is 10.3. The van der Waals surface area contributed by atoms with Crippen LogP contribution in [0.15, 0.2) is 35.1 Å². The number of hydrogen-bond acceptors (Lipinski definition) is 4. The predicted molar refractivity (Wildman–Crippen MR) is 72.5 cm³/mol. The van der Waals surface area contributed by atoms with Gasteiger partial charge in [-0.3, -0.25) is 9.89 Å². The first-order chi connectivity index (χ1) is 9.15. The number of halogens is 1. The molecule has 1 heterocycles. The van der Waals surface area contributed by atoms with Crippen LogP contribution >= 0.6 is 15.9 Å². The molecule has 0 spiro atoms. The lowest BCUT2D eigenvalue weighted by Gasteiger charge is -2.14. The van der Waals surface area contributed by atoms with Crippen LogP contribution in [0.4, 0.5) is 0 Å². The molecule has 1 amide bonds. The van der Waals surface area contributed by atoms with Crippen LogP contribution in [0.25, 0.3) is 0 Å². The number of rotatable bonds is 5. The normalized spacial score (nSPS) is 11.9. The molecule has 0 saturated carbocycles. The Hall–Kier alpha value is -1.89. The number of carbonyl (C=O) groups excluding carboxylic acids is 1. The summed E-state index contributed by atoms with van der Waals surface area (Å²) < 4.78 is 6.48. The molecule has 100 valence electrons. The molecule has 19 heavy (non-hydrogen) atoms. The van der Waals surface area contributed by atoms with E-state index in [0.717, 1.165) is 4.47 Å². The number of nitrogens with zero attached hydrogens (tertiary/aromatic N) is 2. The molecule has 1 unspecified atom stereocenters. The third kappa shape index (κ3) is 4.06. The molecule has 7 heteroatoms. The van der Waals surface area contributed by atoms with Crippen molar-refractivity contribution in [3.05, 3.63) is 40.9 Å². The van der Waals surface area contributed by atoms with Gasteiger partial charge in [0.25, 0.3) is 5.91 Å². The van der Waals surface area contributed by atoms with E-state index in [-0.39, 0.29) is 5.91 Å². The van der Waals surface area contributed by atoms with Crippen LogP contribution in [0.3, 0.4) is 0 Å². The highest BCUT2D eigenvalue weighted by Crippen LogP contribution is 2.17. The van der Waals surface area contributed by atoms with Crippen LogP contribution in [0.5, 0.6) is 5.75 Å². The van der Waals surface area contributed by atoms with E-state index in [0.29, 0.717) is 18.1 Å². The number of aromatic nitrogens is 3. The Labute approximate surface area is 118 Å². The van der Waals surface area contributed by atoms with Gasteiger partial charge in [0, 0.05) is 4.47 Å². The van der Waals surface area contributed by atoms with Crippen molar-refractivity contribution in [2.45, 2.75) is 19.6 Å². The second kappa shape index (κ2) is 6.33. The van der Waals surface area contributed by atoms with Crippen LogP contribution < -0.4 is 10.1 Å². The van der Waals surface area contributed by atoms with Gasteiger partial charge in [-0.25, -0.2) is 4.98 Å². The number of aromatic amines is 1. The molecule has 0 bridgehead atoms. The smallest absolute Gasteiger partial charge is 0.261 e. The van der Waals surface area contributed by atoms with Crippen LogP contribution in [0, 0.1) is 0 Å². The number of hydrogen-bond donors (Lipinski definition) is 2. The second-order valence-corrected chi connectivity index (χ2v) is 4.78. The Morgan fingerprint density at radius 2 is 2.21 bits per heavy atom. The highest BCUT2D eigenvalue weighted by atomic mass is 79.9. The highest BCUT2D eigenvalue weighted by Gasteiger charge is 2.14. The Morgan fingerprint density at radius 1 is 1.47 bits per heavy atom. The van der Waals surface area contributed by atoms with Gasteiger partial charge in [0.2, 0.25) is 0 Å². The number of amides is 1. The van der Waals surface area contributed by atoms with Crippen LogP contribution in [0.2, 0.25) is 0 Å². The van der Waals surface area contributed by atoms with Gasteiger partial charge in [0.15, 0.2) is 6.10 Å². The van der Waals surface area contributed by atoms with E-state index < -0.39 is 6.10 Å². The molecule has 6 nitrogen and oxygen atoms in total. The van der Waals surface area contributed by atoms with Gasteiger partial charge in [-0.05, 0) is 31.2 Å². The van der Waals surface area contributed by atoms with Crippen LogP contribution in [-0.4, -0.2) is 27.2 Å². The molecular formula is C12H13BrN4O2. The number of benzene rings is 1. The van der Waals surface area contributed by atoms with Gasteiger partial charge in [-0.2, -0.15) is 5.10 Å². The summed E-state index contributed by atoms with van der Waals surface area (Å²) in [7, 11) is 0. The molecule has 0 saturated heterocycles. The summed E-state index contributed by atoms with van der Waals surface area (Å²) in [4.78, 5) is 15.7. The number of carbonyl (C=O) groups is 1. The molecule has 0 fully saturated rings. The molecule has 2 N–H and O–H groups in total. The Balaban J connectivity index is 1.83. The highest BCUT2D eigenvalue weighted by molar-refractivity contribution is 9.10. The van der Waals surface area contributed by atoms with E-state index >= 15 is 0 Å². The van der Waals surface area contributed by atoms with Gasteiger partial charge < -0.3 is 10.1 Å². The van der Waals surface area contributed by atoms with Crippen molar-refractivity contribution < 1.29 is 9.53 Å². The van der Waals surface area contributed by atoms with Gasteiger partial charge >= 0.3 is 0 Å². The van der Waals surface area contributed by atoms with E-state index in [1.165, 1.54) is 6.33 Å². The van der Waals surface area contributed by atoms with Crippen molar-refractivity contribution in [3.63, 3.8) is 0 Å². The molecule has 2 aromatic rings. The fraction of sp³-hybridized carbons (Fsp3) is 0.250. The first-order valence-corrected chi connectivity index (χ1v) is 6.48. The molecule has 0 aliphatic carbocycles. The average molecular weight is 325 g/mol. The zero-order chi connectivity index (χ0) is 13.7. The lowest BCUT2D eigenvalue weighted by molar-refractivity contribution is -0.127. The minimum Gasteiger partial charge on any atom is -0.481 e. The van der Waals surface area contributed by atoms with Crippen LogP contribution in [-0.2, 0) is 11.3 Å². The van der Waals surface area contributed by atoms with Crippen molar-refractivity contribution in [2.24, 2.45) is 0 Å². The molecule has 1 aromatic carbocycles. The summed E-state index contributed by atoms with van der Waals surface area (Å²) in [6, 6.07) is 7.30. The maximum absolute atomic E-state index is 11.8. The van der Waals surface area contributed by atoms with Gasteiger partial charge in [-0.1, -0.05) is 15.9 Å². The van der Waals surface area contributed by atoms with Crippen molar-refractivity contribution in [3.8, 4) is 5.75 Å². The van der Waals surface area contributed by atoms with Gasteiger partial charge in [-0.15, -0.1) is 0 Å². The Morgan fingerprint density at radius 3 is 2.84 bits per heavy atom. The van der Waals surface area contributed by atoms with E-state index in [9.17, 15) is 4.79 Å². The molecule has 1 aromatic heterocycles. The van der Waals surface area contributed by atoms with Crippen molar-refractivity contribution in [2.75, 3.05) is 0 Å². The predicted octanol–water partition coefficient (Wildman–Crippen LogP) is 1.65. The molecule has 1 atom stereocenters. The minimum absolute atomic E-state index is 0.209. The van der Waals surface area contributed by atoms with Gasteiger partial charge in [0.05, 0.1) is 6.54 Å².